The highest BCUT2D eigenvalue weighted by Gasteiger charge is 2.27. The minimum Gasteiger partial charge on any atom is -0.363 e. The van der Waals surface area contributed by atoms with Crippen molar-refractivity contribution in [2.75, 3.05) is 30.4 Å². The Hall–Kier alpha value is -2.17. The third-order valence-electron chi connectivity index (χ3n) is 3.73. The second-order valence-electron chi connectivity index (χ2n) is 5.26. The summed E-state index contributed by atoms with van der Waals surface area (Å²) in [5.74, 6) is 2.00. The number of aromatic nitrogens is 3. The number of rotatable bonds is 3. The van der Waals surface area contributed by atoms with E-state index in [0.29, 0.717) is 6.04 Å². The molecule has 2 aromatic rings. The van der Waals surface area contributed by atoms with Gasteiger partial charge in [0, 0.05) is 33.0 Å². The molecule has 20 heavy (non-hydrogen) atoms. The topological polar surface area (TPSA) is 45.2 Å². The highest BCUT2D eigenvalue weighted by molar-refractivity contribution is 5.46. The average molecular weight is 269 g/mol. The maximum absolute atomic E-state index is 4.39. The van der Waals surface area contributed by atoms with Crippen LogP contribution in [0.25, 0.3) is 0 Å². The van der Waals surface area contributed by atoms with Gasteiger partial charge in [-0.3, -0.25) is 0 Å². The summed E-state index contributed by atoms with van der Waals surface area (Å²) in [6, 6.07) is 6.64. The van der Waals surface area contributed by atoms with Gasteiger partial charge >= 0.3 is 0 Å². The molecule has 0 amide bonds. The zero-order valence-electron chi connectivity index (χ0n) is 11.9. The molecule has 0 radical (unpaired) electrons. The van der Waals surface area contributed by atoms with E-state index in [0.717, 1.165) is 24.6 Å². The van der Waals surface area contributed by atoms with Crippen LogP contribution in [0.5, 0.6) is 0 Å². The number of hydrogen-bond donors (Lipinski definition) is 0. The summed E-state index contributed by atoms with van der Waals surface area (Å²) < 4.78 is 0. The first-order valence-electron chi connectivity index (χ1n) is 6.91. The van der Waals surface area contributed by atoms with E-state index in [2.05, 4.69) is 32.0 Å². The Kier molecular flexibility index (Phi) is 3.50. The van der Waals surface area contributed by atoms with Gasteiger partial charge in [-0.2, -0.15) is 0 Å². The van der Waals surface area contributed by atoms with Crippen LogP contribution in [0.4, 0.5) is 11.6 Å². The minimum atomic E-state index is 0.381. The largest absolute Gasteiger partial charge is 0.363 e. The third-order valence-corrected chi connectivity index (χ3v) is 3.73. The molecular weight excluding hydrogens is 250 g/mol. The van der Waals surface area contributed by atoms with Crippen LogP contribution in [-0.2, 0) is 0 Å². The van der Waals surface area contributed by atoms with Crippen molar-refractivity contribution < 1.29 is 0 Å². The first-order valence-corrected chi connectivity index (χ1v) is 6.91. The third kappa shape index (κ3) is 2.43. The van der Waals surface area contributed by atoms with E-state index in [1.54, 1.807) is 12.5 Å². The van der Waals surface area contributed by atoms with E-state index in [9.17, 15) is 0 Å². The molecule has 3 rings (SSSR count). The molecule has 5 nitrogen and oxygen atoms in total. The molecule has 104 valence electrons. The summed E-state index contributed by atoms with van der Waals surface area (Å²) in [4.78, 5) is 17.2. The quantitative estimate of drug-likeness (QED) is 0.855. The lowest BCUT2D eigenvalue weighted by molar-refractivity contribution is 0.709. The predicted octanol–water partition coefficient (Wildman–Crippen LogP) is 2.28. The van der Waals surface area contributed by atoms with Gasteiger partial charge in [-0.25, -0.2) is 15.0 Å². The van der Waals surface area contributed by atoms with E-state index < -0.39 is 0 Å². The van der Waals surface area contributed by atoms with Gasteiger partial charge in [-0.15, -0.1) is 0 Å². The average Bonchev–Trinajstić information content (AvgIpc) is 2.98. The van der Waals surface area contributed by atoms with E-state index in [1.807, 2.05) is 31.3 Å². The van der Waals surface area contributed by atoms with Gasteiger partial charge in [-0.1, -0.05) is 0 Å². The summed E-state index contributed by atoms with van der Waals surface area (Å²) >= 11 is 0. The Morgan fingerprint density at radius 3 is 2.85 bits per heavy atom. The minimum absolute atomic E-state index is 0.381. The molecule has 0 bridgehead atoms. The molecule has 0 unspecified atom stereocenters. The maximum atomic E-state index is 4.39. The molecule has 1 atom stereocenters. The number of pyridine rings is 1. The molecule has 1 aliphatic heterocycles. The van der Waals surface area contributed by atoms with Crippen molar-refractivity contribution >= 4 is 11.6 Å². The predicted molar refractivity (Wildman–Crippen MR) is 79.9 cm³/mol. The van der Waals surface area contributed by atoms with Crippen LogP contribution in [-0.4, -0.2) is 35.6 Å². The van der Waals surface area contributed by atoms with Crippen molar-refractivity contribution in [2.45, 2.75) is 18.9 Å². The lowest BCUT2D eigenvalue weighted by atomic mass is 10.1. The molecular formula is C15H19N5. The Labute approximate surface area is 119 Å². The zero-order valence-corrected chi connectivity index (χ0v) is 11.9. The molecule has 0 aliphatic carbocycles. The monoisotopic (exact) mass is 269 g/mol. The van der Waals surface area contributed by atoms with Crippen LogP contribution >= 0.6 is 0 Å². The Balaban J connectivity index is 1.91. The molecule has 2 aromatic heterocycles. The van der Waals surface area contributed by atoms with Crippen molar-refractivity contribution in [3.8, 4) is 0 Å². The van der Waals surface area contributed by atoms with Gasteiger partial charge in [0.25, 0.3) is 0 Å². The highest BCUT2D eigenvalue weighted by Crippen LogP contribution is 2.35. The van der Waals surface area contributed by atoms with Crippen molar-refractivity contribution in [3.63, 3.8) is 0 Å². The van der Waals surface area contributed by atoms with Crippen molar-refractivity contribution in [1.29, 1.82) is 0 Å². The summed E-state index contributed by atoms with van der Waals surface area (Å²) in [5, 5.41) is 0. The SMILES string of the molecule is CN(C)c1cc([C@@H]2CCCN2c2ccncn2)ccn1. The van der Waals surface area contributed by atoms with Crippen LogP contribution in [0.15, 0.2) is 36.9 Å². The first kappa shape index (κ1) is 12.8. The highest BCUT2D eigenvalue weighted by atomic mass is 15.2. The van der Waals surface area contributed by atoms with Gasteiger partial charge in [0.05, 0.1) is 6.04 Å². The van der Waals surface area contributed by atoms with E-state index >= 15 is 0 Å². The summed E-state index contributed by atoms with van der Waals surface area (Å²) in [6.07, 6.45) is 7.65. The van der Waals surface area contributed by atoms with Gasteiger partial charge in [0.2, 0.25) is 0 Å². The summed E-state index contributed by atoms with van der Waals surface area (Å²) in [7, 11) is 4.03. The lowest BCUT2D eigenvalue weighted by Gasteiger charge is -2.26. The molecule has 0 N–H and O–H groups in total. The maximum Gasteiger partial charge on any atom is 0.132 e. The van der Waals surface area contributed by atoms with Gasteiger partial charge < -0.3 is 9.80 Å². The van der Waals surface area contributed by atoms with Crippen molar-refractivity contribution in [2.24, 2.45) is 0 Å². The molecule has 1 saturated heterocycles. The fourth-order valence-electron chi connectivity index (χ4n) is 2.73. The van der Waals surface area contributed by atoms with Crippen LogP contribution < -0.4 is 9.80 Å². The van der Waals surface area contributed by atoms with Crippen LogP contribution in [0.3, 0.4) is 0 Å². The fraction of sp³-hybridized carbons (Fsp3) is 0.400. The Bertz CT molecular complexity index is 569. The van der Waals surface area contributed by atoms with Gasteiger partial charge in [0.15, 0.2) is 0 Å². The number of anilines is 2. The van der Waals surface area contributed by atoms with Gasteiger partial charge in [0.1, 0.15) is 18.0 Å². The molecule has 0 saturated carbocycles. The van der Waals surface area contributed by atoms with Crippen molar-refractivity contribution in [3.05, 3.63) is 42.5 Å². The standard InChI is InChI=1S/C15H19N5/c1-19(2)15-10-12(5-8-17-15)13-4-3-9-20(13)14-6-7-16-11-18-14/h5-8,10-11,13H,3-4,9H2,1-2H3/t13-/m0/s1. The molecule has 0 spiro atoms. The Morgan fingerprint density at radius 2 is 2.10 bits per heavy atom. The Morgan fingerprint density at radius 1 is 1.20 bits per heavy atom. The van der Waals surface area contributed by atoms with Crippen molar-refractivity contribution in [1.82, 2.24) is 15.0 Å². The molecule has 1 fully saturated rings. The molecule has 3 heterocycles. The summed E-state index contributed by atoms with van der Waals surface area (Å²) in [5.41, 5.74) is 1.31. The van der Waals surface area contributed by atoms with Gasteiger partial charge in [-0.05, 0) is 36.6 Å². The molecule has 1 aliphatic rings. The van der Waals surface area contributed by atoms with Crippen LogP contribution in [0, 0.1) is 0 Å². The smallest absolute Gasteiger partial charge is 0.132 e. The zero-order chi connectivity index (χ0) is 13.9. The molecule has 0 aromatic carbocycles. The lowest BCUT2D eigenvalue weighted by Crippen LogP contribution is -2.24. The second-order valence-corrected chi connectivity index (χ2v) is 5.26. The second kappa shape index (κ2) is 5.45. The summed E-state index contributed by atoms with van der Waals surface area (Å²) in [6.45, 7) is 1.04. The van der Waals surface area contributed by atoms with E-state index in [4.69, 9.17) is 0 Å². The fourth-order valence-corrected chi connectivity index (χ4v) is 2.73. The number of nitrogens with zero attached hydrogens (tertiary/aromatic N) is 5. The van der Waals surface area contributed by atoms with E-state index in [1.165, 1.54) is 12.0 Å². The normalized spacial score (nSPS) is 18.3. The van der Waals surface area contributed by atoms with Crippen LogP contribution in [0.1, 0.15) is 24.4 Å². The van der Waals surface area contributed by atoms with E-state index in [-0.39, 0.29) is 0 Å². The first-order chi connectivity index (χ1) is 9.75. The molecule has 5 heteroatoms. The number of hydrogen-bond acceptors (Lipinski definition) is 5. The van der Waals surface area contributed by atoms with Crippen LogP contribution in [0.2, 0.25) is 0 Å².